The van der Waals surface area contributed by atoms with Crippen LogP contribution in [-0.4, -0.2) is 17.6 Å². The van der Waals surface area contributed by atoms with Gasteiger partial charge in [-0.15, -0.1) is 11.6 Å². The first-order chi connectivity index (χ1) is 8.65. The van der Waals surface area contributed by atoms with Crippen molar-refractivity contribution < 1.29 is 9.53 Å². The Labute approximate surface area is 109 Å². The fourth-order valence-corrected chi connectivity index (χ4v) is 1.86. The van der Waals surface area contributed by atoms with E-state index >= 15 is 0 Å². The number of nitrogens with one attached hydrogen (secondary N) is 1. The average Bonchev–Trinajstić information content (AvgIpc) is 2.38. The van der Waals surface area contributed by atoms with Gasteiger partial charge in [-0.05, 0) is 25.1 Å². The first-order valence-electron chi connectivity index (χ1n) is 5.54. The highest BCUT2D eigenvalue weighted by Crippen LogP contribution is 2.13. The quantitative estimate of drug-likeness (QED) is 0.685. The van der Waals surface area contributed by atoms with Crippen LogP contribution in [-0.2, 0) is 10.6 Å². The number of fused-ring (bicyclic) bond motifs is 1. The molecular formula is C13H12ClNO3. The van der Waals surface area contributed by atoms with Crippen molar-refractivity contribution in [1.82, 2.24) is 4.98 Å². The Morgan fingerprint density at radius 2 is 2.17 bits per heavy atom. The molecule has 0 unspecified atom stereocenters. The zero-order chi connectivity index (χ0) is 13.1. The fraction of sp³-hybridized carbons (Fsp3) is 0.231. The lowest BCUT2D eigenvalue weighted by atomic mass is 10.1. The maximum Gasteiger partial charge on any atom is 0.338 e. The van der Waals surface area contributed by atoms with Crippen LogP contribution in [0.1, 0.15) is 23.0 Å². The van der Waals surface area contributed by atoms with E-state index in [2.05, 4.69) is 4.98 Å². The topological polar surface area (TPSA) is 59.2 Å². The Morgan fingerprint density at radius 3 is 2.83 bits per heavy atom. The van der Waals surface area contributed by atoms with Crippen molar-refractivity contribution in [2.45, 2.75) is 12.8 Å². The summed E-state index contributed by atoms with van der Waals surface area (Å²) in [6.07, 6.45) is 0. The molecule has 94 valence electrons. The van der Waals surface area contributed by atoms with Crippen molar-refractivity contribution in [2.75, 3.05) is 6.61 Å². The molecule has 1 N–H and O–H groups in total. The molecular weight excluding hydrogens is 254 g/mol. The molecule has 0 aliphatic carbocycles. The van der Waals surface area contributed by atoms with Crippen LogP contribution >= 0.6 is 11.6 Å². The maximum absolute atomic E-state index is 11.9. The zero-order valence-corrected chi connectivity index (χ0v) is 10.6. The molecule has 5 heteroatoms. The van der Waals surface area contributed by atoms with E-state index in [0.717, 1.165) is 0 Å². The van der Waals surface area contributed by atoms with Gasteiger partial charge in [-0.25, -0.2) is 4.79 Å². The summed E-state index contributed by atoms with van der Waals surface area (Å²) in [5.41, 5.74) is 1.52. The van der Waals surface area contributed by atoms with Crippen LogP contribution in [0.3, 0.4) is 0 Å². The molecule has 0 saturated carbocycles. The van der Waals surface area contributed by atoms with Crippen molar-refractivity contribution >= 4 is 28.5 Å². The van der Waals surface area contributed by atoms with Gasteiger partial charge in [0.1, 0.15) is 0 Å². The number of halogens is 1. The van der Waals surface area contributed by atoms with Crippen molar-refractivity contribution in [3.8, 4) is 0 Å². The molecule has 4 nitrogen and oxygen atoms in total. The smallest absolute Gasteiger partial charge is 0.338 e. The van der Waals surface area contributed by atoms with Gasteiger partial charge in [0.2, 0.25) is 0 Å². The zero-order valence-electron chi connectivity index (χ0n) is 9.83. The van der Waals surface area contributed by atoms with Crippen molar-refractivity contribution in [2.24, 2.45) is 0 Å². The van der Waals surface area contributed by atoms with Gasteiger partial charge in [0.25, 0.3) is 0 Å². The van der Waals surface area contributed by atoms with Crippen molar-refractivity contribution in [3.63, 3.8) is 0 Å². The van der Waals surface area contributed by atoms with E-state index in [1.807, 2.05) is 0 Å². The molecule has 0 amide bonds. The molecule has 0 atom stereocenters. The van der Waals surface area contributed by atoms with Gasteiger partial charge in [0, 0.05) is 22.7 Å². The van der Waals surface area contributed by atoms with Crippen LogP contribution in [0, 0.1) is 0 Å². The van der Waals surface area contributed by atoms with Gasteiger partial charge in [0.15, 0.2) is 5.43 Å². The predicted molar refractivity (Wildman–Crippen MR) is 70.1 cm³/mol. The Balaban J connectivity index is 2.55. The molecule has 18 heavy (non-hydrogen) atoms. The second-order valence-corrected chi connectivity index (χ2v) is 4.04. The lowest BCUT2D eigenvalue weighted by Gasteiger charge is -2.04. The van der Waals surface area contributed by atoms with Crippen LogP contribution in [0.25, 0.3) is 10.9 Å². The second kappa shape index (κ2) is 5.23. The second-order valence-electron chi connectivity index (χ2n) is 3.77. The van der Waals surface area contributed by atoms with Crippen molar-refractivity contribution in [3.05, 3.63) is 45.7 Å². The minimum Gasteiger partial charge on any atom is -0.462 e. The number of rotatable bonds is 3. The number of ether oxygens (including phenoxy) is 1. The number of benzene rings is 1. The number of carbonyl (C=O) groups is 1. The number of aromatic amines is 1. The van der Waals surface area contributed by atoms with Crippen LogP contribution in [0.15, 0.2) is 29.1 Å². The number of esters is 1. The molecule has 0 saturated heterocycles. The molecule has 0 radical (unpaired) electrons. The number of hydrogen-bond donors (Lipinski definition) is 1. The molecule has 0 fully saturated rings. The lowest BCUT2D eigenvalue weighted by molar-refractivity contribution is 0.0526. The third-order valence-electron chi connectivity index (χ3n) is 2.54. The van der Waals surface area contributed by atoms with Crippen LogP contribution in [0.4, 0.5) is 0 Å². The molecule has 0 aliphatic rings. The lowest BCUT2D eigenvalue weighted by Crippen LogP contribution is -2.08. The molecule has 1 heterocycles. The SMILES string of the molecule is CCOC(=O)c1ccc2[nH]c(CCl)cc(=O)c2c1. The Bertz CT molecular complexity index is 648. The van der Waals surface area contributed by atoms with E-state index in [9.17, 15) is 9.59 Å². The van der Waals surface area contributed by atoms with Crippen LogP contribution in [0.2, 0.25) is 0 Å². The standard InChI is InChI=1S/C13H12ClNO3/c1-2-18-13(17)8-3-4-11-10(5-8)12(16)6-9(7-14)15-11/h3-6H,2,7H2,1H3,(H,15,16). The van der Waals surface area contributed by atoms with Gasteiger partial charge in [-0.2, -0.15) is 0 Å². The number of carbonyl (C=O) groups excluding carboxylic acids is 1. The summed E-state index contributed by atoms with van der Waals surface area (Å²) in [6, 6.07) is 6.27. The highest BCUT2D eigenvalue weighted by molar-refractivity contribution is 6.17. The van der Waals surface area contributed by atoms with Crippen molar-refractivity contribution in [1.29, 1.82) is 0 Å². The van der Waals surface area contributed by atoms with Crippen LogP contribution < -0.4 is 5.43 Å². The number of H-pyrrole nitrogens is 1. The van der Waals surface area contributed by atoms with Gasteiger partial charge >= 0.3 is 5.97 Å². The summed E-state index contributed by atoms with van der Waals surface area (Å²) < 4.78 is 4.89. The van der Waals surface area contributed by atoms with E-state index in [-0.39, 0.29) is 11.3 Å². The fourth-order valence-electron chi connectivity index (χ4n) is 1.72. The summed E-state index contributed by atoms with van der Waals surface area (Å²) in [5.74, 6) is -0.189. The number of hydrogen-bond acceptors (Lipinski definition) is 3. The Hall–Kier alpha value is -1.81. The molecule has 2 aromatic rings. The highest BCUT2D eigenvalue weighted by atomic mass is 35.5. The Kier molecular flexibility index (Phi) is 3.67. The average molecular weight is 266 g/mol. The van der Waals surface area contributed by atoms with E-state index in [4.69, 9.17) is 16.3 Å². The summed E-state index contributed by atoms with van der Waals surface area (Å²) in [7, 11) is 0. The molecule has 1 aromatic heterocycles. The number of aromatic nitrogens is 1. The Morgan fingerprint density at radius 1 is 1.39 bits per heavy atom. The highest BCUT2D eigenvalue weighted by Gasteiger charge is 2.09. The summed E-state index contributed by atoms with van der Waals surface area (Å²) in [5, 5.41) is 0.453. The van der Waals surface area contributed by atoms with Gasteiger partial charge in [0.05, 0.1) is 18.1 Å². The molecule has 0 aliphatic heterocycles. The molecule has 0 spiro atoms. The third-order valence-corrected chi connectivity index (χ3v) is 2.83. The minimum atomic E-state index is -0.430. The van der Waals surface area contributed by atoms with Crippen LogP contribution in [0.5, 0.6) is 0 Å². The maximum atomic E-state index is 11.9. The van der Waals surface area contributed by atoms with Gasteiger partial charge in [-0.1, -0.05) is 0 Å². The van der Waals surface area contributed by atoms with Gasteiger partial charge < -0.3 is 9.72 Å². The van der Waals surface area contributed by atoms with E-state index in [1.165, 1.54) is 12.1 Å². The largest absolute Gasteiger partial charge is 0.462 e. The summed E-state index contributed by atoms with van der Waals surface area (Å²) in [4.78, 5) is 26.5. The van der Waals surface area contributed by atoms with E-state index < -0.39 is 5.97 Å². The normalized spacial score (nSPS) is 10.6. The number of alkyl halides is 1. The minimum absolute atomic E-state index is 0.162. The first-order valence-corrected chi connectivity index (χ1v) is 6.08. The van der Waals surface area contributed by atoms with E-state index in [1.54, 1.807) is 19.1 Å². The summed E-state index contributed by atoms with van der Waals surface area (Å²) in [6.45, 7) is 2.04. The molecule has 0 bridgehead atoms. The molecule has 2 rings (SSSR count). The monoisotopic (exact) mass is 265 g/mol. The molecule has 1 aromatic carbocycles. The summed E-state index contributed by atoms with van der Waals surface area (Å²) >= 11 is 5.68. The number of pyridine rings is 1. The van der Waals surface area contributed by atoms with E-state index in [0.29, 0.717) is 28.8 Å². The first kappa shape index (κ1) is 12.6. The predicted octanol–water partition coefficient (Wildman–Crippen LogP) is 2.44. The third kappa shape index (κ3) is 2.38. The van der Waals surface area contributed by atoms with Gasteiger partial charge in [-0.3, -0.25) is 4.79 Å².